The minimum atomic E-state index is 0.636. The zero-order valence-electron chi connectivity index (χ0n) is 13.1. The van der Waals surface area contributed by atoms with Gasteiger partial charge < -0.3 is 10.2 Å². The van der Waals surface area contributed by atoms with E-state index in [-0.39, 0.29) is 0 Å². The summed E-state index contributed by atoms with van der Waals surface area (Å²) in [5, 5.41) is 3.65. The maximum absolute atomic E-state index is 3.65. The van der Waals surface area contributed by atoms with E-state index in [4.69, 9.17) is 0 Å². The molecule has 1 N–H and O–H groups in total. The molecule has 1 heterocycles. The van der Waals surface area contributed by atoms with Gasteiger partial charge in [-0.1, -0.05) is 22.9 Å². The van der Waals surface area contributed by atoms with Crippen LogP contribution >= 0.6 is 15.9 Å². The van der Waals surface area contributed by atoms with Crippen molar-refractivity contribution in [2.75, 3.05) is 31.1 Å². The largest absolute Gasteiger partial charge is 0.368 e. The van der Waals surface area contributed by atoms with Crippen LogP contribution in [0.15, 0.2) is 22.7 Å². The SMILES string of the molecule is CCN1CCN(c2ccc(Br)cc2CNC2CC2)CC1C. The second-order valence-corrected chi connectivity index (χ2v) is 7.27. The van der Waals surface area contributed by atoms with E-state index in [2.05, 4.69) is 63.1 Å². The Balaban J connectivity index is 1.73. The molecule has 1 unspecified atom stereocenters. The minimum Gasteiger partial charge on any atom is -0.368 e. The van der Waals surface area contributed by atoms with E-state index in [1.165, 1.54) is 35.1 Å². The number of anilines is 1. The molecule has 3 nitrogen and oxygen atoms in total. The first kappa shape index (κ1) is 15.3. The number of rotatable bonds is 5. The van der Waals surface area contributed by atoms with Crippen molar-refractivity contribution in [2.45, 2.75) is 45.3 Å². The summed E-state index contributed by atoms with van der Waals surface area (Å²) in [4.78, 5) is 5.13. The zero-order chi connectivity index (χ0) is 14.8. The molecule has 0 radical (unpaired) electrons. The molecule has 0 aromatic heterocycles. The van der Waals surface area contributed by atoms with Crippen LogP contribution in [0.4, 0.5) is 5.69 Å². The van der Waals surface area contributed by atoms with E-state index in [9.17, 15) is 0 Å². The predicted molar refractivity (Wildman–Crippen MR) is 92.9 cm³/mol. The molecule has 2 fully saturated rings. The van der Waals surface area contributed by atoms with Gasteiger partial charge in [0, 0.05) is 48.4 Å². The lowest BCUT2D eigenvalue weighted by molar-refractivity contribution is 0.199. The summed E-state index contributed by atoms with van der Waals surface area (Å²) in [6.45, 7) is 10.2. The van der Waals surface area contributed by atoms with Crippen LogP contribution in [-0.4, -0.2) is 43.2 Å². The number of halogens is 1. The van der Waals surface area contributed by atoms with Gasteiger partial charge >= 0.3 is 0 Å². The van der Waals surface area contributed by atoms with Gasteiger partial charge in [-0.25, -0.2) is 0 Å². The highest BCUT2D eigenvalue weighted by Gasteiger charge is 2.25. The zero-order valence-corrected chi connectivity index (χ0v) is 14.7. The van der Waals surface area contributed by atoms with Gasteiger partial charge in [0.25, 0.3) is 0 Å². The molecule has 1 aliphatic carbocycles. The third-order valence-electron chi connectivity index (χ3n) is 4.71. The Morgan fingerprint density at radius 3 is 2.76 bits per heavy atom. The van der Waals surface area contributed by atoms with E-state index < -0.39 is 0 Å². The molecule has 2 aliphatic rings. The first-order valence-electron chi connectivity index (χ1n) is 8.18. The Morgan fingerprint density at radius 2 is 2.10 bits per heavy atom. The second kappa shape index (κ2) is 6.67. The standard InChI is InChI=1S/C17H26BrN3/c1-3-20-8-9-21(12-13(20)2)17-7-4-15(18)10-14(17)11-19-16-5-6-16/h4,7,10,13,16,19H,3,5-6,8-9,11-12H2,1-2H3. The van der Waals surface area contributed by atoms with Crippen molar-refractivity contribution < 1.29 is 0 Å². The van der Waals surface area contributed by atoms with Crippen molar-refractivity contribution in [2.24, 2.45) is 0 Å². The third-order valence-corrected chi connectivity index (χ3v) is 5.21. The summed E-state index contributed by atoms with van der Waals surface area (Å²) in [6, 6.07) is 8.13. The van der Waals surface area contributed by atoms with Crippen LogP contribution in [0.5, 0.6) is 0 Å². The van der Waals surface area contributed by atoms with Crippen molar-refractivity contribution in [1.82, 2.24) is 10.2 Å². The Bertz CT molecular complexity index is 487. The first-order valence-corrected chi connectivity index (χ1v) is 8.97. The van der Waals surface area contributed by atoms with E-state index in [0.29, 0.717) is 6.04 Å². The Labute approximate surface area is 136 Å². The summed E-state index contributed by atoms with van der Waals surface area (Å²) >= 11 is 3.62. The number of likely N-dealkylation sites (N-methyl/N-ethyl adjacent to an activating group) is 1. The molecule has 21 heavy (non-hydrogen) atoms. The lowest BCUT2D eigenvalue weighted by Gasteiger charge is -2.41. The van der Waals surface area contributed by atoms with Crippen molar-refractivity contribution in [1.29, 1.82) is 0 Å². The van der Waals surface area contributed by atoms with Crippen molar-refractivity contribution in [3.05, 3.63) is 28.2 Å². The molecular formula is C17H26BrN3. The van der Waals surface area contributed by atoms with E-state index >= 15 is 0 Å². The lowest BCUT2D eigenvalue weighted by atomic mass is 10.1. The number of benzene rings is 1. The van der Waals surface area contributed by atoms with E-state index in [1.807, 2.05) is 0 Å². The maximum atomic E-state index is 3.65. The fourth-order valence-electron chi connectivity index (χ4n) is 3.23. The van der Waals surface area contributed by atoms with E-state index in [1.54, 1.807) is 0 Å². The molecule has 1 aliphatic heterocycles. The highest BCUT2D eigenvalue weighted by atomic mass is 79.9. The number of nitrogens with zero attached hydrogens (tertiary/aromatic N) is 2. The fourth-order valence-corrected chi connectivity index (χ4v) is 3.64. The van der Waals surface area contributed by atoms with Crippen LogP contribution in [-0.2, 0) is 6.54 Å². The predicted octanol–water partition coefficient (Wildman–Crippen LogP) is 3.23. The lowest BCUT2D eigenvalue weighted by Crippen LogP contribution is -2.52. The van der Waals surface area contributed by atoms with Crippen molar-refractivity contribution in [3.63, 3.8) is 0 Å². The monoisotopic (exact) mass is 351 g/mol. The average molecular weight is 352 g/mol. The number of piperazine rings is 1. The fraction of sp³-hybridized carbons (Fsp3) is 0.647. The quantitative estimate of drug-likeness (QED) is 0.878. The van der Waals surface area contributed by atoms with Crippen LogP contribution in [0.1, 0.15) is 32.3 Å². The second-order valence-electron chi connectivity index (χ2n) is 6.35. The van der Waals surface area contributed by atoms with Crippen molar-refractivity contribution in [3.8, 4) is 0 Å². The number of hydrogen-bond acceptors (Lipinski definition) is 3. The van der Waals surface area contributed by atoms with Crippen LogP contribution in [0.25, 0.3) is 0 Å². The summed E-state index contributed by atoms with van der Waals surface area (Å²) < 4.78 is 1.18. The van der Waals surface area contributed by atoms with Crippen LogP contribution < -0.4 is 10.2 Å². The molecular weight excluding hydrogens is 326 g/mol. The van der Waals surface area contributed by atoms with Gasteiger partial charge in [-0.15, -0.1) is 0 Å². The van der Waals surface area contributed by atoms with Gasteiger partial charge in [-0.05, 0) is 50.1 Å². The first-order chi connectivity index (χ1) is 10.2. The van der Waals surface area contributed by atoms with Gasteiger partial charge in [0.15, 0.2) is 0 Å². The van der Waals surface area contributed by atoms with Gasteiger partial charge in [-0.2, -0.15) is 0 Å². The topological polar surface area (TPSA) is 18.5 Å². The van der Waals surface area contributed by atoms with Gasteiger partial charge in [0.05, 0.1) is 0 Å². The van der Waals surface area contributed by atoms with Gasteiger partial charge in [0.1, 0.15) is 0 Å². The van der Waals surface area contributed by atoms with Crippen LogP contribution in [0.2, 0.25) is 0 Å². The molecule has 3 rings (SSSR count). The van der Waals surface area contributed by atoms with Crippen LogP contribution in [0.3, 0.4) is 0 Å². The molecule has 0 bridgehead atoms. The van der Waals surface area contributed by atoms with Gasteiger partial charge in [0.2, 0.25) is 0 Å². The van der Waals surface area contributed by atoms with Gasteiger partial charge in [-0.3, -0.25) is 4.90 Å². The summed E-state index contributed by atoms with van der Waals surface area (Å²) in [7, 11) is 0. The smallest absolute Gasteiger partial charge is 0.0413 e. The molecule has 4 heteroatoms. The summed E-state index contributed by atoms with van der Waals surface area (Å²) in [5.41, 5.74) is 2.84. The summed E-state index contributed by atoms with van der Waals surface area (Å²) in [6.07, 6.45) is 2.69. The Hall–Kier alpha value is -0.580. The molecule has 1 saturated carbocycles. The maximum Gasteiger partial charge on any atom is 0.0413 e. The molecule has 116 valence electrons. The Morgan fingerprint density at radius 1 is 1.29 bits per heavy atom. The summed E-state index contributed by atoms with van der Waals surface area (Å²) in [5.74, 6) is 0. The molecule has 1 aromatic rings. The highest BCUT2D eigenvalue weighted by molar-refractivity contribution is 9.10. The normalized spacial score (nSPS) is 23.6. The minimum absolute atomic E-state index is 0.636. The molecule has 1 aromatic carbocycles. The third kappa shape index (κ3) is 3.79. The van der Waals surface area contributed by atoms with Crippen LogP contribution in [0, 0.1) is 0 Å². The molecule has 0 spiro atoms. The molecule has 0 amide bonds. The number of nitrogens with one attached hydrogen (secondary N) is 1. The molecule has 1 saturated heterocycles. The van der Waals surface area contributed by atoms with Crippen molar-refractivity contribution >= 4 is 21.6 Å². The molecule has 1 atom stereocenters. The highest BCUT2D eigenvalue weighted by Crippen LogP contribution is 2.28. The number of hydrogen-bond donors (Lipinski definition) is 1. The van der Waals surface area contributed by atoms with E-state index in [0.717, 1.165) is 32.2 Å². The average Bonchev–Trinajstić information content (AvgIpc) is 3.29. The Kier molecular flexibility index (Phi) is 4.87.